The quantitative estimate of drug-likeness (QED) is 0.724. The van der Waals surface area contributed by atoms with Crippen LogP contribution >= 0.6 is 0 Å². The number of para-hydroxylation sites is 2. The number of carbonyl (C=O) groups excluding carboxylic acids is 1. The smallest absolute Gasteiger partial charge is 0.246 e. The maximum absolute atomic E-state index is 12.1. The molecule has 24 heavy (non-hydrogen) atoms. The van der Waals surface area contributed by atoms with Gasteiger partial charge >= 0.3 is 0 Å². The van der Waals surface area contributed by atoms with Gasteiger partial charge in [0.1, 0.15) is 18.2 Å². The summed E-state index contributed by atoms with van der Waals surface area (Å²) in [5.41, 5.74) is 2.59. The van der Waals surface area contributed by atoms with Crippen LogP contribution in [-0.4, -0.2) is 24.1 Å². The predicted molar refractivity (Wildman–Crippen MR) is 91.5 cm³/mol. The maximum Gasteiger partial charge on any atom is 0.246 e. The van der Waals surface area contributed by atoms with Gasteiger partial charge in [-0.25, -0.2) is 4.98 Å². The Morgan fingerprint density at radius 1 is 1.17 bits per heavy atom. The van der Waals surface area contributed by atoms with Crippen molar-refractivity contribution < 1.29 is 13.9 Å². The van der Waals surface area contributed by atoms with E-state index in [2.05, 4.69) is 10.3 Å². The summed E-state index contributed by atoms with van der Waals surface area (Å²) in [5, 5.41) is 2.96. The van der Waals surface area contributed by atoms with Crippen molar-refractivity contribution in [1.82, 2.24) is 10.3 Å². The zero-order valence-electron chi connectivity index (χ0n) is 13.6. The van der Waals surface area contributed by atoms with E-state index < -0.39 is 0 Å². The van der Waals surface area contributed by atoms with Crippen LogP contribution in [0.5, 0.6) is 0 Å². The fourth-order valence-corrected chi connectivity index (χ4v) is 2.52. The number of benzene rings is 2. The summed E-state index contributed by atoms with van der Waals surface area (Å²) in [6.07, 6.45) is 0.603. The van der Waals surface area contributed by atoms with E-state index in [0.717, 1.165) is 11.1 Å². The van der Waals surface area contributed by atoms with Gasteiger partial charge in [0, 0.05) is 13.0 Å². The molecule has 0 aliphatic heterocycles. The monoisotopic (exact) mass is 324 g/mol. The minimum Gasteiger partial charge on any atom is -0.438 e. The Labute approximate surface area is 140 Å². The van der Waals surface area contributed by atoms with Crippen molar-refractivity contribution in [2.45, 2.75) is 19.4 Å². The number of oxazole rings is 1. The Morgan fingerprint density at radius 2 is 1.92 bits per heavy atom. The molecule has 5 nitrogen and oxygen atoms in total. The van der Waals surface area contributed by atoms with Crippen LogP contribution in [0.2, 0.25) is 0 Å². The van der Waals surface area contributed by atoms with Crippen LogP contribution in [0.1, 0.15) is 24.4 Å². The van der Waals surface area contributed by atoms with Crippen molar-refractivity contribution in [3.63, 3.8) is 0 Å². The highest BCUT2D eigenvalue weighted by Crippen LogP contribution is 2.23. The van der Waals surface area contributed by atoms with E-state index >= 15 is 0 Å². The first-order valence-corrected chi connectivity index (χ1v) is 8.02. The van der Waals surface area contributed by atoms with Gasteiger partial charge < -0.3 is 14.5 Å². The molecule has 0 aliphatic rings. The van der Waals surface area contributed by atoms with Crippen molar-refractivity contribution >= 4 is 17.0 Å². The third-order valence-electron chi connectivity index (χ3n) is 3.66. The molecule has 2 aromatic carbocycles. The third-order valence-corrected chi connectivity index (χ3v) is 3.66. The summed E-state index contributed by atoms with van der Waals surface area (Å²) in [4.78, 5) is 16.6. The summed E-state index contributed by atoms with van der Waals surface area (Å²) in [6, 6.07) is 17.2. The lowest BCUT2D eigenvalue weighted by molar-refractivity contribution is -0.126. The van der Waals surface area contributed by atoms with Crippen LogP contribution in [0.4, 0.5) is 0 Å². The topological polar surface area (TPSA) is 64.4 Å². The lowest BCUT2D eigenvalue weighted by Gasteiger charge is -2.15. The van der Waals surface area contributed by atoms with Gasteiger partial charge in [-0.1, -0.05) is 42.5 Å². The van der Waals surface area contributed by atoms with E-state index in [1.807, 2.05) is 61.5 Å². The number of amides is 1. The molecular formula is C19H20N2O3. The van der Waals surface area contributed by atoms with Crippen molar-refractivity contribution in [2.24, 2.45) is 0 Å². The zero-order valence-corrected chi connectivity index (χ0v) is 13.6. The van der Waals surface area contributed by atoms with Crippen molar-refractivity contribution in [2.75, 3.05) is 13.2 Å². The molecule has 0 radical (unpaired) electrons. The molecule has 5 heteroatoms. The molecule has 3 rings (SSSR count). The van der Waals surface area contributed by atoms with Gasteiger partial charge in [0.05, 0.1) is 0 Å². The lowest BCUT2D eigenvalue weighted by Crippen LogP contribution is -2.33. The zero-order chi connectivity index (χ0) is 16.8. The molecule has 1 atom stereocenters. The summed E-state index contributed by atoms with van der Waals surface area (Å²) in [5.74, 6) is 0.324. The molecule has 0 saturated heterocycles. The number of fused-ring (bicyclic) bond motifs is 1. The van der Waals surface area contributed by atoms with E-state index in [1.54, 1.807) is 0 Å². The summed E-state index contributed by atoms with van der Waals surface area (Å²) in [7, 11) is 0. The van der Waals surface area contributed by atoms with Crippen molar-refractivity contribution in [3.8, 4) is 0 Å². The Morgan fingerprint density at radius 3 is 2.67 bits per heavy atom. The van der Waals surface area contributed by atoms with Crippen LogP contribution in [0, 0.1) is 0 Å². The molecule has 0 fully saturated rings. The lowest BCUT2D eigenvalue weighted by atomic mass is 10.1. The Kier molecular flexibility index (Phi) is 5.23. The average Bonchev–Trinajstić information content (AvgIpc) is 3.04. The minimum absolute atomic E-state index is 0.0298. The molecule has 0 spiro atoms. The number of carbonyl (C=O) groups is 1. The fraction of sp³-hybridized carbons (Fsp3) is 0.263. The maximum atomic E-state index is 12.1. The van der Waals surface area contributed by atoms with Crippen LogP contribution in [-0.2, 0) is 16.0 Å². The molecular weight excluding hydrogens is 304 g/mol. The number of hydrogen-bond donors (Lipinski definition) is 1. The molecule has 1 unspecified atom stereocenters. The molecule has 1 amide bonds. The van der Waals surface area contributed by atoms with Crippen LogP contribution in [0.3, 0.4) is 0 Å². The Bertz CT molecular complexity index is 765. The third kappa shape index (κ3) is 4.00. The molecule has 1 heterocycles. The van der Waals surface area contributed by atoms with E-state index in [1.165, 1.54) is 0 Å². The number of nitrogens with one attached hydrogen (secondary N) is 1. The molecule has 124 valence electrons. The van der Waals surface area contributed by atoms with E-state index in [-0.39, 0.29) is 18.6 Å². The molecule has 1 aromatic heterocycles. The van der Waals surface area contributed by atoms with Gasteiger partial charge in [-0.3, -0.25) is 4.79 Å². The Hall–Kier alpha value is -2.66. The van der Waals surface area contributed by atoms with Gasteiger partial charge in [-0.05, 0) is 24.6 Å². The SMILES string of the molecule is CCOCC(=O)NC(Cc1ccccc1)c1nc2ccccc2o1. The number of rotatable bonds is 7. The largest absolute Gasteiger partial charge is 0.438 e. The summed E-state index contributed by atoms with van der Waals surface area (Å²) >= 11 is 0. The number of aromatic nitrogens is 1. The summed E-state index contributed by atoms with van der Waals surface area (Å²) in [6.45, 7) is 2.39. The molecule has 0 saturated carbocycles. The number of ether oxygens (including phenoxy) is 1. The van der Waals surface area contributed by atoms with Gasteiger partial charge in [0.15, 0.2) is 5.58 Å². The molecule has 3 aromatic rings. The first-order chi connectivity index (χ1) is 11.8. The van der Waals surface area contributed by atoms with Crippen LogP contribution in [0.25, 0.3) is 11.1 Å². The van der Waals surface area contributed by atoms with Gasteiger partial charge in [0.25, 0.3) is 0 Å². The van der Waals surface area contributed by atoms with Gasteiger partial charge in [-0.2, -0.15) is 0 Å². The highest BCUT2D eigenvalue weighted by molar-refractivity contribution is 5.78. The molecule has 0 bridgehead atoms. The molecule has 0 aliphatic carbocycles. The highest BCUT2D eigenvalue weighted by Gasteiger charge is 2.21. The van der Waals surface area contributed by atoms with Crippen LogP contribution < -0.4 is 5.32 Å². The van der Waals surface area contributed by atoms with Crippen LogP contribution in [0.15, 0.2) is 59.0 Å². The van der Waals surface area contributed by atoms with Crippen molar-refractivity contribution in [3.05, 3.63) is 66.1 Å². The van der Waals surface area contributed by atoms with E-state index in [4.69, 9.17) is 9.15 Å². The van der Waals surface area contributed by atoms with E-state index in [0.29, 0.717) is 24.5 Å². The second-order valence-electron chi connectivity index (χ2n) is 5.47. The standard InChI is InChI=1S/C19H20N2O3/c1-2-23-13-18(22)20-16(12-14-8-4-3-5-9-14)19-21-15-10-6-7-11-17(15)24-19/h3-11,16H,2,12-13H2,1H3,(H,20,22). The number of nitrogens with zero attached hydrogens (tertiary/aromatic N) is 1. The van der Waals surface area contributed by atoms with Crippen molar-refractivity contribution in [1.29, 1.82) is 0 Å². The highest BCUT2D eigenvalue weighted by atomic mass is 16.5. The number of hydrogen-bond acceptors (Lipinski definition) is 4. The Balaban J connectivity index is 1.84. The molecule has 1 N–H and O–H groups in total. The predicted octanol–water partition coefficient (Wildman–Crippen LogP) is 3.26. The average molecular weight is 324 g/mol. The summed E-state index contributed by atoms with van der Waals surface area (Å²) < 4.78 is 11.0. The second kappa shape index (κ2) is 7.75. The second-order valence-corrected chi connectivity index (χ2v) is 5.47. The van der Waals surface area contributed by atoms with Gasteiger partial charge in [0.2, 0.25) is 11.8 Å². The van der Waals surface area contributed by atoms with Gasteiger partial charge in [-0.15, -0.1) is 0 Å². The minimum atomic E-state index is -0.340. The first-order valence-electron chi connectivity index (χ1n) is 8.02. The first kappa shape index (κ1) is 16.2. The van der Waals surface area contributed by atoms with E-state index in [9.17, 15) is 4.79 Å². The normalized spacial score (nSPS) is 12.2. The fourth-order valence-electron chi connectivity index (χ4n) is 2.52.